The molecule has 0 radical (unpaired) electrons. The van der Waals surface area contributed by atoms with Crippen LogP contribution in [0.25, 0.3) is 11.0 Å². The number of hydrogen-bond donors (Lipinski definition) is 3. The van der Waals surface area contributed by atoms with Crippen LogP contribution in [0.4, 0.5) is 5.82 Å². The smallest absolute Gasteiger partial charge is 0.163 e. The lowest BCUT2D eigenvalue weighted by molar-refractivity contribution is 0.271. The van der Waals surface area contributed by atoms with Crippen molar-refractivity contribution in [2.45, 2.75) is 13.0 Å². The number of rotatable bonds is 7. The maximum atomic E-state index is 9.98. The fourth-order valence-electron chi connectivity index (χ4n) is 2.49. The molecule has 0 atom stereocenters. The van der Waals surface area contributed by atoms with Gasteiger partial charge in [0, 0.05) is 12.6 Å². The summed E-state index contributed by atoms with van der Waals surface area (Å²) in [6.07, 6.45) is 3.77. The molecule has 0 aliphatic rings. The summed E-state index contributed by atoms with van der Waals surface area (Å²) in [7, 11) is 1.56. The molecule has 0 amide bonds. The van der Waals surface area contributed by atoms with E-state index in [1.165, 1.54) is 6.33 Å². The Bertz CT molecular complexity index is 834. The first-order valence-electron chi connectivity index (χ1n) is 7.60. The van der Waals surface area contributed by atoms with Crippen molar-refractivity contribution in [3.63, 3.8) is 0 Å². The number of ether oxygens (including phenoxy) is 1. The van der Waals surface area contributed by atoms with Gasteiger partial charge in [0.2, 0.25) is 0 Å². The van der Waals surface area contributed by atoms with Gasteiger partial charge < -0.3 is 20.3 Å². The number of phenols is 1. The summed E-state index contributed by atoms with van der Waals surface area (Å²) in [5.41, 5.74) is 1.50. The predicted molar refractivity (Wildman–Crippen MR) is 89.3 cm³/mol. The summed E-state index contributed by atoms with van der Waals surface area (Å²) in [6.45, 7) is 0.983. The number of benzene rings is 1. The Hall–Kier alpha value is -2.87. The highest BCUT2D eigenvalue weighted by atomic mass is 16.5. The Labute approximate surface area is 138 Å². The lowest BCUT2D eigenvalue weighted by Crippen LogP contribution is -2.08. The number of aromatic hydroxyl groups is 1. The second-order valence-corrected chi connectivity index (χ2v) is 5.22. The number of hydrogen-bond acceptors (Lipinski definition) is 7. The molecule has 0 unspecified atom stereocenters. The molecular weight excluding hydrogens is 310 g/mol. The Balaban J connectivity index is 1.70. The van der Waals surface area contributed by atoms with Gasteiger partial charge in [0.15, 0.2) is 5.65 Å². The summed E-state index contributed by atoms with van der Waals surface area (Å²) < 4.78 is 6.71. The minimum atomic E-state index is 0.000289. The zero-order valence-electron chi connectivity index (χ0n) is 13.3. The summed E-state index contributed by atoms with van der Waals surface area (Å²) in [5, 5.41) is 27.3. The molecule has 8 heteroatoms. The van der Waals surface area contributed by atoms with Gasteiger partial charge in [-0.25, -0.2) is 14.6 Å². The van der Waals surface area contributed by atoms with Gasteiger partial charge in [0.1, 0.15) is 23.6 Å². The van der Waals surface area contributed by atoms with E-state index in [-0.39, 0.29) is 12.4 Å². The van der Waals surface area contributed by atoms with E-state index in [0.29, 0.717) is 36.7 Å². The minimum absolute atomic E-state index is 0.000289. The SMILES string of the molecule is COc1ccc(CCNc2ncnc3c2cnn3CCO)c(O)c1. The minimum Gasteiger partial charge on any atom is -0.508 e. The third-order valence-corrected chi connectivity index (χ3v) is 3.72. The number of phenolic OH excluding ortho intramolecular Hbond substituents is 1. The highest BCUT2D eigenvalue weighted by Crippen LogP contribution is 2.24. The highest BCUT2D eigenvalue weighted by Gasteiger charge is 2.09. The normalized spacial score (nSPS) is 10.9. The zero-order chi connectivity index (χ0) is 16.9. The molecule has 0 bridgehead atoms. The number of fused-ring (bicyclic) bond motifs is 1. The fourth-order valence-corrected chi connectivity index (χ4v) is 2.49. The molecule has 0 aliphatic heterocycles. The van der Waals surface area contributed by atoms with Gasteiger partial charge in [-0.1, -0.05) is 6.07 Å². The quantitative estimate of drug-likeness (QED) is 0.598. The summed E-state index contributed by atoms with van der Waals surface area (Å²) >= 11 is 0. The molecule has 24 heavy (non-hydrogen) atoms. The van der Waals surface area contributed by atoms with Crippen molar-refractivity contribution < 1.29 is 14.9 Å². The largest absolute Gasteiger partial charge is 0.508 e. The highest BCUT2D eigenvalue weighted by molar-refractivity contribution is 5.86. The summed E-state index contributed by atoms with van der Waals surface area (Å²) in [6, 6.07) is 5.25. The molecule has 0 fully saturated rings. The maximum absolute atomic E-state index is 9.98. The predicted octanol–water partition coefficient (Wildman–Crippen LogP) is 1.19. The molecule has 3 N–H and O–H groups in total. The lowest BCUT2D eigenvalue weighted by Gasteiger charge is -2.09. The first-order chi connectivity index (χ1) is 11.7. The molecule has 0 aliphatic carbocycles. The van der Waals surface area contributed by atoms with Crippen LogP contribution in [-0.4, -0.2) is 50.2 Å². The van der Waals surface area contributed by atoms with Crippen LogP contribution in [-0.2, 0) is 13.0 Å². The van der Waals surface area contributed by atoms with Gasteiger partial charge in [-0.3, -0.25) is 0 Å². The van der Waals surface area contributed by atoms with Gasteiger partial charge >= 0.3 is 0 Å². The van der Waals surface area contributed by atoms with Gasteiger partial charge in [0.05, 0.1) is 31.8 Å². The van der Waals surface area contributed by atoms with E-state index in [4.69, 9.17) is 9.84 Å². The average Bonchev–Trinajstić information content (AvgIpc) is 3.00. The second kappa shape index (κ2) is 7.14. The molecule has 3 rings (SSSR count). The lowest BCUT2D eigenvalue weighted by atomic mass is 10.1. The molecule has 0 spiro atoms. The Morgan fingerprint density at radius 3 is 2.92 bits per heavy atom. The summed E-state index contributed by atoms with van der Waals surface area (Å²) in [5.74, 6) is 1.51. The Morgan fingerprint density at radius 2 is 2.17 bits per heavy atom. The van der Waals surface area contributed by atoms with E-state index >= 15 is 0 Å². The van der Waals surface area contributed by atoms with Crippen LogP contribution in [0.1, 0.15) is 5.56 Å². The van der Waals surface area contributed by atoms with Crippen molar-refractivity contribution in [3.05, 3.63) is 36.3 Å². The molecule has 8 nitrogen and oxygen atoms in total. The molecule has 126 valence electrons. The van der Waals surface area contributed by atoms with E-state index in [9.17, 15) is 5.11 Å². The van der Waals surface area contributed by atoms with Crippen LogP contribution < -0.4 is 10.1 Å². The van der Waals surface area contributed by atoms with Crippen LogP contribution in [0.5, 0.6) is 11.5 Å². The monoisotopic (exact) mass is 329 g/mol. The maximum Gasteiger partial charge on any atom is 0.163 e. The van der Waals surface area contributed by atoms with E-state index < -0.39 is 0 Å². The van der Waals surface area contributed by atoms with Crippen molar-refractivity contribution >= 4 is 16.9 Å². The van der Waals surface area contributed by atoms with Crippen molar-refractivity contribution in [1.82, 2.24) is 19.7 Å². The van der Waals surface area contributed by atoms with Crippen LogP contribution in [0.2, 0.25) is 0 Å². The average molecular weight is 329 g/mol. The molecular formula is C16H19N5O3. The first kappa shape index (κ1) is 16.0. The van der Waals surface area contributed by atoms with E-state index in [0.717, 1.165) is 10.9 Å². The third kappa shape index (κ3) is 3.23. The van der Waals surface area contributed by atoms with Gasteiger partial charge in [0.25, 0.3) is 0 Å². The second-order valence-electron chi connectivity index (χ2n) is 5.22. The van der Waals surface area contributed by atoms with Crippen molar-refractivity contribution in [1.29, 1.82) is 0 Å². The number of methoxy groups -OCH3 is 1. The number of anilines is 1. The van der Waals surface area contributed by atoms with Gasteiger partial charge in [-0.05, 0) is 18.1 Å². The number of aromatic nitrogens is 4. The molecule has 3 aromatic rings. The van der Waals surface area contributed by atoms with E-state index in [1.807, 2.05) is 12.1 Å². The van der Waals surface area contributed by atoms with Crippen LogP contribution in [0.3, 0.4) is 0 Å². The molecule has 2 heterocycles. The number of nitrogens with one attached hydrogen (secondary N) is 1. The van der Waals surface area contributed by atoms with Gasteiger partial charge in [-0.15, -0.1) is 0 Å². The van der Waals surface area contributed by atoms with Crippen molar-refractivity contribution in [2.24, 2.45) is 0 Å². The Kier molecular flexibility index (Phi) is 4.76. The summed E-state index contributed by atoms with van der Waals surface area (Å²) in [4.78, 5) is 8.45. The zero-order valence-corrected chi connectivity index (χ0v) is 13.3. The van der Waals surface area contributed by atoms with Crippen molar-refractivity contribution in [2.75, 3.05) is 25.6 Å². The number of aliphatic hydroxyl groups is 1. The van der Waals surface area contributed by atoms with E-state index in [2.05, 4.69) is 20.4 Å². The fraction of sp³-hybridized carbons (Fsp3) is 0.312. The molecule has 1 aromatic carbocycles. The Morgan fingerprint density at radius 1 is 1.29 bits per heavy atom. The molecule has 2 aromatic heterocycles. The topological polar surface area (TPSA) is 105 Å². The van der Waals surface area contributed by atoms with E-state index in [1.54, 1.807) is 24.1 Å². The van der Waals surface area contributed by atoms with Crippen LogP contribution in [0, 0.1) is 0 Å². The van der Waals surface area contributed by atoms with Crippen LogP contribution in [0.15, 0.2) is 30.7 Å². The van der Waals surface area contributed by atoms with Crippen LogP contribution >= 0.6 is 0 Å². The molecule has 0 saturated carbocycles. The first-order valence-corrected chi connectivity index (χ1v) is 7.60. The van der Waals surface area contributed by atoms with Gasteiger partial charge in [-0.2, -0.15) is 5.10 Å². The molecule has 0 saturated heterocycles. The number of aliphatic hydroxyl groups excluding tert-OH is 1. The van der Waals surface area contributed by atoms with Crippen molar-refractivity contribution in [3.8, 4) is 11.5 Å². The standard InChI is InChI=1S/C16H19N5O3/c1-24-12-3-2-11(14(23)8-12)4-5-17-15-13-9-20-21(6-7-22)16(13)19-10-18-15/h2-3,8-10,22-23H,4-7H2,1H3,(H,17,18,19). The number of nitrogens with zero attached hydrogens (tertiary/aromatic N) is 4. The third-order valence-electron chi connectivity index (χ3n) is 3.72.